The van der Waals surface area contributed by atoms with Crippen molar-refractivity contribution in [2.75, 3.05) is 39.3 Å². The van der Waals surface area contributed by atoms with Crippen molar-refractivity contribution in [1.29, 1.82) is 0 Å². The quantitative estimate of drug-likeness (QED) is 0.467. The molecule has 33 heavy (non-hydrogen) atoms. The summed E-state index contributed by atoms with van der Waals surface area (Å²) in [6.07, 6.45) is 5.21. The van der Waals surface area contributed by atoms with Crippen LogP contribution in [-0.2, 0) is 25.7 Å². The Kier molecular flexibility index (Phi) is 10.2. The molecule has 1 aromatic carbocycles. The second kappa shape index (κ2) is 13.3. The van der Waals surface area contributed by atoms with E-state index in [4.69, 9.17) is 4.74 Å². The predicted octanol–water partition coefficient (Wildman–Crippen LogP) is 2.04. The molecule has 0 bridgehead atoms. The predicted molar refractivity (Wildman–Crippen MR) is 124 cm³/mol. The van der Waals surface area contributed by atoms with Gasteiger partial charge in [0, 0.05) is 26.1 Å². The minimum Gasteiger partial charge on any atom is -0.481 e. The van der Waals surface area contributed by atoms with Gasteiger partial charge in [0.05, 0.1) is 25.0 Å². The maximum atomic E-state index is 12.7. The molecule has 0 saturated carbocycles. The molecule has 2 heterocycles. The lowest BCUT2D eigenvalue weighted by Crippen LogP contribution is -2.47. The van der Waals surface area contributed by atoms with Gasteiger partial charge in [-0.1, -0.05) is 30.3 Å². The van der Waals surface area contributed by atoms with Crippen LogP contribution in [0.25, 0.3) is 0 Å². The molecule has 0 aliphatic carbocycles. The molecule has 2 aliphatic heterocycles. The van der Waals surface area contributed by atoms with Crippen molar-refractivity contribution < 1.29 is 24.2 Å². The van der Waals surface area contributed by atoms with Crippen LogP contribution in [-0.4, -0.2) is 67.1 Å². The van der Waals surface area contributed by atoms with Crippen LogP contribution in [0.5, 0.6) is 0 Å². The largest absolute Gasteiger partial charge is 0.481 e. The summed E-state index contributed by atoms with van der Waals surface area (Å²) in [6.45, 7) is 3.53. The van der Waals surface area contributed by atoms with Crippen molar-refractivity contribution >= 4 is 17.8 Å². The minimum absolute atomic E-state index is 0.0170. The SMILES string of the molecule is O=C(O)C(CNC(=O)[C@@H]1CCCN(C(=O)CCC2CCNCC2)C1)COCc1ccccc1. The fraction of sp³-hybridized carbons (Fsp3) is 0.640. The van der Waals surface area contributed by atoms with Crippen molar-refractivity contribution in [3.8, 4) is 0 Å². The summed E-state index contributed by atoms with van der Waals surface area (Å²) in [5.74, 6) is -1.55. The number of benzene rings is 1. The molecule has 1 aromatic rings. The highest BCUT2D eigenvalue weighted by molar-refractivity contribution is 5.82. The Labute approximate surface area is 196 Å². The fourth-order valence-corrected chi connectivity index (χ4v) is 4.55. The Morgan fingerprint density at radius 2 is 1.91 bits per heavy atom. The van der Waals surface area contributed by atoms with E-state index in [1.165, 1.54) is 0 Å². The summed E-state index contributed by atoms with van der Waals surface area (Å²) in [7, 11) is 0. The highest BCUT2D eigenvalue weighted by Crippen LogP contribution is 2.21. The Morgan fingerprint density at radius 1 is 1.15 bits per heavy atom. The zero-order valence-electron chi connectivity index (χ0n) is 19.3. The number of aliphatic carboxylic acids is 1. The summed E-state index contributed by atoms with van der Waals surface area (Å²) >= 11 is 0. The first kappa shape index (κ1) is 25.2. The number of carbonyl (C=O) groups is 3. The van der Waals surface area contributed by atoms with Crippen LogP contribution >= 0.6 is 0 Å². The summed E-state index contributed by atoms with van der Waals surface area (Å²) in [5, 5.41) is 15.6. The van der Waals surface area contributed by atoms with Gasteiger partial charge in [-0.15, -0.1) is 0 Å². The lowest BCUT2D eigenvalue weighted by Gasteiger charge is -2.33. The molecule has 2 saturated heterocycles. The third-order valence-corrected chi connectivity index (χ3v) is 6.67. The molecule has 8 nitrogen and oxygen atoms in total. The van der Waals surface area contributed by atoms with Crippen molar-refractivity contribution in [2.24, 2.45) is 17.8 Å². The molecule has 8 heteroatoms. The smallest absolute Gasteiger partial charge is 0.310 e. The monoisotopic (exact) mass is 459 g/mol. The first-order valence-electron chi connectivity index (χ1n) is 12.1. The second-order valence-electron chi connectivity index (χ2n) is 9.19. The number of carboxylic acids is 1. The number of rotatable bonds is 11. The first-order valence-corrected chi connectivity index (χ1v) is 12.1. The average Bonchev–Trinajstić information content (AvgIpc) is 2.85. The van der Waals surface area contributed by atoms with Crippen molar-refractivity contribution in [3.05, 3.63) is 35.9 Å². The number of likely N-dealkylation sites (tertiary alicyclic amines) is 1. The highest BCUT2D eigenvalue weighted by Gasteiger charge is 2.29. The molecule has 1 unspecified atom stereocenters. The van der Waals surface area contributed by atoms with E-state index in [9.17, 15) is 19.5 Å². The second-order valence-corrected chi connectivity index (χ2v) is 9.19. The number of amides is 2. The van der Waals surface area contributed by atoms with E-state index < -0.39 is 11.9 Å². The summed E-state index contributed by atoms with van der Waals surface area (Å²) in [4.78, 5) is 38.8. The Balaban J connectivity index is 1.39. The molecular formula is C25H37N3O5. The lowest BCUT2D eigenvalue weighted by atomic mass is 9.92. The van der Waals surface area contributed by atoms with Crippen molar-refractivity contribution in [3.63, 3.8) is 0 Å². The van der Waals surface area contributed by atoms with E-state index in [-0.39, 0.29) is 30.9 Å². The Morgan fingerprint density at radius 3 is 2.64 bits per heavy atom. The van der Waals surface area contributed by atoms with Crippen LogP contribution in [0.4, 0.5) is 0 Å². The van der Waals surface area contributed by atoms with E-state index >= 15 is 0 Å². The van der Waals surface area contributed by atoms with Gasteiger partial charge < -0.3 is 25.4 Å². The van der Waals surface area contributed by atoms with Gasteiger partial charge in [-0.25, -0.2) is 0 Å². The maximum Gasteiger partial charge on any atom is 0.310 e. The van der Waals surface area contributed by atoms with Gasteiger partial charge >= 0.3 is 5.97 Å². The fourth-order valence-electron chi connectivity index (χ4n) is 4.55. The number of carboxylic acid groups (broad SMARTS) is 1. The molecule has 3 N–H and O–H groups in total. The number of hydrogen-bond donors (Lipinski definition) is 3. The first-order chi connectivity index (χ1) is 16.0. The van der Waals surface area contributed by atoms with Gasteiger partial charge in [0.25, 0.3) is 0 Å². The lowest BCUT2D eigenvalue weighted by molar-refractivity contribution is -0.144. The average molecular weight is 460 g/mol. The number of carbonyl (C=O) groups excluding carboxylic acids is 2. The molecule has 2 aliphatic rings. The number of ether oxygens (including phenoxy) is 1. The zero-order chi connectivity index (χ0) is 23.5. The molecule has 0 radical (unpaired) electrons. The van der Waals surface area contributed by atoms with E-state index in [1.807, 2.05) is 35.2 Å². The number of nitrogens with zero attached hydrogens (tertiary/aromatic N) is 1. The molecule has 0 spiro atoms. The van der Waals surface area contributed by atoms with Gasteiger partial charge in [0.2, 0.25) is 11.8 Å². The van der Waals surface area contributed by atoms with Crippen LogP contribution in [0.3, 0.4) is 0 Å². The summed E-state index contributed by atoms with van der Waals surface area (Å²) < 4.78 is 5.56. The maximum absolute atomic E-state index is 12.7. The van der Waals surface area contributed by atoms with Gasteiger partial charge in [-0.2, -0.15) is 0 Å². The van der Waals surface area contributed by atoms with Crippen LogP contribution in [0.15, 0.2) is 30.3 Å². The van der Waals surface area contributed by atoms with Crippen LogP contribution in [0.2, 0.25) is 0 Å². The topological polar surface area (TPSA) is 108 Å². The molecule has 2 fully saturated rings. The van der Waals surface area contributed by atoms with Gasteiger partial charge in [-0.05, 0) is 56.7 Å². The Hall–Kier alpha value is -2.45. The molecule has 0 aromatic heterocycles. The minimum atomic E-state index is -0.998. The molecule has 182 valence electrons. The van der Waals surface area contributed by atoms with Gasteiger partial charge in [-0.3, -0.25) is 14.4 Å². The summed E-state index contributed by atoms with van der Waals surface area (Å²) in [5.41, 5.74) is 0.970. The number of hydrogen-bond acceptors (Lipinski definition) is 5. The molecular weight excluding hydrogens is 422 g/mol. The third kappa shape index (κ3) is 8.44. The van der Waals surface area contributed by atoms with Gasteiger partial charge in [0.1, 0.15) is 0 Å². The zero-order valence-corrected chi connectivity index (χ0v) is 19.3. The van der Waals surface area contributed by atoms with E-state index in [0.717, 1.165) is 44.3 Å². The van der Waals surface area contributed by atoms with Gasteiger partial charge in [0.15, 0.2) is 0 Å². The molecule has 3 rings (SSSR count). The number of piperidine rings is 2. The van der Waals surface area contributed by atoms with E-state index in [2.05, 4.69) is 10.6 Å². The highest BCUT2D eigenvalue weighted by atomic mass is 16.5. The van der Waals surface area contributed by atoms with Crippen LogP contribution in [0, 0.1) is 17.8 Å². The normalized spacial score (nSPS) is 20.2. The summed E-state index contributed by atoms with van der Waals surface area (Å²) in [6, 6.07) is 9.55. The standard InChI is InChI=1S/C25H37N3O5/c29-23(9-8-19-10-12-26-13-11-19)28-14-4-7-21(16-28)24(30)27-15-22(25(31)32)18-33-17-20-5-2-1-3-6-20/h1-3,5-6,19,21-22,26H,4,7-18H2,(H,27,30)(H,31,32)/t21-,22?/m1/s1. The Bertz CT molecular complexity index is 767. The van der Waals surface area contributed by atoms with E-state index in [0.29, 0.717) is 38.5 Å². The van der Waals surface area contributed by atoms with E-state index in [1.54, 1.807) is 0 Å². The van der Waals surface area contributed by atoms with Crippen LogP contribution in [0.1, 0.15) is 44.1 Å². The molecule has 2 amide bonds. The van der Waals surface area contributed by atoms with Crippen LogP contribution < -0.4 is 10.6 Å². The molecule has 2 atom stereocenters. The van der Waals surface area contributed by atoms with Crippen molar-refractivity contribution in [1.82, 2.24) is 15.5 Å². The number of nitrogens with one attached hydrogen (secondary N) is 2. The third-order valence-electron chi connectivity index (χ3n) is 6.67. The van der Waals surface area contributed by atoms with Crippen molar-refractivity contribution in [2.45, 2.75) is 45.1 Å².